The Kier molecular flexibility index (Phi) is 5.57. The average molecular weight is 396 g/mol. The molecule has 0 saturated carbocycles. The Morgan fingerprint density at radius 2 is 1.89 bits per heavy atom. The molecule has 0 radical (unpaired) electrons. The zero-order chi connectivity index (χ0) is 19.5. The molecule has 1 atom stereocenters. The fourth-order valence-electron chi connectivity index (χ4n) is 3.64. The van der Waals surface area contributed by atoms with Crippen molar-refractivity contribution in [1.82, 2.24) is 15.1 Å². The molecular weight excluding hydrogens is 373 g/mol. The summed E-state index contributed by atoms with van der Waals surface area (Å²) in [4.78, 5) is 14.6. The molecule has 1 unspecified atom stereocenters. The van der Waals surface area contributed by atoms with Crippen molar-refractivity contribution in [3.63, 3.8) is 0 Å². The van der Waals surface area contributed by atoms with Crippen LogP contribution in [0.2, 0.25) is 0 Å². The van der Waals surface area contributed by atoms with Crippen molar-refractivity contribution in [2.45, 2.75) is 24.8 Å². The number of amides is 1. The van der Waals surface area contributed by atoms with Crippen molar-refractivity contribution in [2.75, 3.05) is 18.8 Å². The lowest BCUT2D eigenvalue weighted by Crippen LogP contribution is -2.40. The SMILES string of the molecule is CC1CCCN(C(=O)CSc2nnc(-c3ccc(F)cc3)c3ccccc23)C1. The Morgan fingerprint density at radius 1 is 1.14 bits per heavy atom. The molecule has 1 aliphatic heterocycles. The van der Waals surface area contributed by atoms with Crippen LogP contribution in [0.4, 0.5) is 4.39 Å². The smallest absolute Gasteiger partial charge is 0.232 e. The molecule has 144 valence electrons. The van der Waals surface area contributed by atoms with Crippen molar-refractivity contribution < 1.29 is 9.18 Å². The van der Waals surface area contributed by atoms with E-state index in [0.717, 1.165) is 46.6 Å². The quantitative estimate of drug-likeness (QED) is 0.596. The lowest BCUT2D eigenvalue weighted by atomic mass is 10.0. The molecule has 0 aliphatic carbocycles. The first-order chi connectivity index (χ1) is 13.6. The minimum absolute atomic E-state index is 0.157. The molecule has 28 heavy (non-hydrogen) atoms. The molecule has 0 spiro atoms. The van der Waals surface area contributed by atoms with Gasteiger partial charge in [-0.1, -0.05) is 43.0 Å². The Bertz CT molecular complexity index is 993. The van der Waals surface area contributed by atoms with Gasteiger partial charge in [-0.25, -0.2) is 4.39 Å². The first-order valence-corrected chi connectivity index (χ1v) is 10.5. The molecule has 0 bridgehead atoms. The highest BCUT2D eigenvalue weighted by molar-refractivity contribution is 8.00. The predicted molar refractivity (Wildman–Crippen MR) is 111 cm³/mol. The normalized spacial score (nSPS) is 17.1. The number of fused-ring (bicyclic) bond motifs is 1. The molecule has 1 aromatic heterocycles. The highest BCUT2D eigenvalue weighted by atomic mass is 32.2. The van der Waals surface area contributed by atoms with E-state index in [-0.39, 0.29) is 11.7 Å². The van der Waals surface area contributed by atoms with Crippen LogP contribution >= 0.6 is 11.8 Å². The van der Waals surface area contributed by atoms with E-state index in [1.807, 2.05) is 29.2 Å². The van der Waals surface area contributed by atoms with Gasteiger partial charge in [-0.05, 0) is 43.0 Å². The second-order valence-electron chi connectivity index (χ2n) is 7.28. The average Bonchev–Trinajstić information content (AvgIpc) is 2.72. The zero-order valence-corrected chi connectivity index (χ0v) is 16.6. The number of rotatable bonds is 4. The highest BCUT2D eigenvalue weighted by Gasteiger charge is 2.21. The van der Waals surface area contributed by atoms with Gasteiger partial charge in [0.05, 0.1) is 5.75 Å². The van der Waals surface area contributed by atoms with E-state index in [0.29, 0.717) is 11.7 Å². The van der Waals surface area contributed by atoms with Crippen LogP contribution < -0.4 is 0 Å². The van der Waals surface area contributed by atoms with E-state index in [4.69, 9.17) is 0 Å². The summed E-state index contributed by atoms with van der Waals surface area (Å²) >= 11 is 1.43. The minimum Gasteiger partial charge on any atom is -0.342 e. The number of carbonyl (C=O) groups excluding carboxylic acids is 1. The lowest BCUT2D eigenvalue weighted by Gasteiger charge is -2.30. The molecule has 1 saturated heterocycles. The molecule has 1 aliphatic rings. The monoisotopic (exact) mass is 395 g/mol. The Balaban J connectivity index is 1.58. The maximum atomic E-state index is 13.3. The molecule has 0 N–H and O–H groups in total. The summed E-state index contributed by atoms with van der Waals surface area (Å²) in [5.74, 6) is 0.809. The second kappa shape index (κ2) is 8.27. The van der Waals surface area contributed by atoms with Gasteiger partial charge >= 0.3 is 0 Å². The van der Waals surface area contributed by atoms with Crippen LogP contribution in [0.5, 0.6) is 0 Å². The van der Waals surface area contributed by atoms with Crippen LogP contribution in [-0.2, 0) is 4.79 Å². The van der Waals surface area contributed by atoms with Gasteiger partial charge in [0.1, 0.15) is 16.5 Å². The van der Waals surface area contributed by atoms with Crippen molar-refractivity contribution >= 4 is 28.4 Å². The van der Waals surface area contributed by atoms with Gasteiger partial charge in [0, 0.05) is 29.4 Å². The third-order valence-corrected chi connectivity index (χ3v) is 6.08. The van der Waals surface area contributed by atoms with Crippen LogP contribution in [0, 0.1) is 11.7 Å². The van der Waals surface area contributed by atoms with Gasteiger partial charge in [-0.15, -0.1) is 10.2 Å². The number of hydrogen-bond acceptors (Lipinski definition) is 4. The Labute approximate surface area is 168 Å². The maximum absolute atomic E-state index is 13.3. The summed E-state index contributed by atoms with van der Waals surface area (Å²) in [7, 11) is 0. The van der Waals surface area contributed by atoms with Gasteiger partial charge < -0.3 is 4.90 Å². The number of piperidine rings is 1. The molecule has 4 rings (SSSR count). The maximum Gasteiger partial charge on any atom is 0.232 e. The number of nitrogens with zero attached hydrogens (tertiary/aromatic N) is 3. The van der Waals surface area contributed by atoms with E-state index < -0.39 is 0 Å². The Morgan fingerprint density at radius 3 is 2.64 bits per heavy atom. The second-order valence-corrected chi connectivity index (χ2v) is 8.25. The van der Waals surface area contributed by atoms with E-state index in [9.17, 15) is 9.18 Å². The predicted octanol–water partition coefficient (Wildman–Crippen LogP) is 4.79. The number of benzene rings is 2. The fourth-order valence-corrected chi connectivity index (χ4v) is 4.52. The highest BCUT2D eigenvalue weighted by Crippen LogP contribution is 2.32. The summed E-state index contributed by atoms with van der Waals surface area (Å²) in [6.45, 7) is 3.88. The lowest BCUT2D eigenvalue weighted by molar-refractivity contribution is -0.130. The molecule has 6 heteroatoms. The molecule has 1 amide bonds. The standard InChI is InChI=1S/C22H22FN3OS/c1-15-5-4-12-26(13-15)20(27)14-28-22-19-7-3-2-6-18(19)21(24-25-22)16-8-10-17(23)11-9-16/h2-3,6-11,15H,4-5,12-14H2,1H3. The summed E-state index contributed by atoms with van der Waals surface area (Å²) in [6, 6.07) is 14.1. The number of aromatic nitrogens is 2. The van der Waals surface area contributed by atoms with Gasteiger partial charge in [-0.3, -0.25) is 4.79 Å². The van der Waals surface area contributed by atoms with Crippen molar-refractivity contribution in [3.05, 3.63) is 54.3 Å². The minimum atomic E-state index is -0.279. The van der Waals surface area contributed by atoms with E-state index in [1.54, 1.807) is 12.1 Å². The fraction of sp³-hybridized carbons (Fsp3) is 0.318. The number of likely N-dealkylation sites (tertiary alicyclic amines) is 1. The number of thioether (sulfide) groups is 1. The van der Waals surface area contributed by atoms with Crippen LogP contribution in [0.15, 0.2) is 53.6 Å². The first kappa shape index (κ1) is 18.9. The third kappa shape index (κ3) is 4.02. The number of hydrogen-bond donors (Lipinski definition) is 0. The van der Waals surface area contributed by atoms with E-state index in [2.05, 4.69) is 17.1 Å². The van der Waals surface area contributed by atoms with Gasteiger partial charge in [-0.2, -0.15) is 0 Å². The largest absolute Gasteiger partial charge is 0.342 e. The van der Waals surface area contributed by atoms with Crippen LogP contribution in [0.3, 0.4) is 0 Å². The van der Waals surface area contributed by atoms with Crippen molar-refractivity contribution in [1.29, 1.82) is 0 Å². The third-order valence-electron chi connectivity index (χ3n) is 5.11. The zero-order valence-electron chi connectivity index (χ0n) is 15.8. The van der Waals surface area contributed by atoms with Gasteiger partial charge in [0.15, 0.2) is 0 Å². The summed E-state index contributed by atoms with van der Waals surface area (Å²) in [5.41, 5.74) is 1.54. The molecular formula is C22H22FN3OS. The van der Waals surface area contributed by atoms with Gasteiger partial charge in [0.2, 0.25) is 5.91 Å². The first-order valence-electron chi connectivity index (χ1n) is 9.54. The Hall–Kier alpha value is -2.47. The van der Waals surface area contributed by atoms with E-state index in [1.165, 1.54) is 30.3 Å². The van der Waals surface area contributed by atoms with Crippen molar-refractivity contribution in [3.8, 4) is 11.3 Å². The van der Waals surface area contributed by atoms with Crippen molar-refractivity contribution in [2.24, 2.45) is 5.92 Å². The van der Waals surface area contributed by atoms with Crippen LogP contribution in [0.1, 0.15) is 19.8 Å². The molecule has 1 fully saturated rings. The van der Waals surface area contributed by atoms with Crippen LogP contribution in [-0.4, -0.2) is 39.8 Å². The summed E-state index contributed by atoms with van der Waals surface area (Å²) in [5, 5.41) is 11.4. The van der Waals surface area contributed by atoms with E-state index >= 15 is 0 Å². The number of halogens is 1. The number of carbonyl (C=O) groups is 1. The summed E-state index contributed by atoms with van der Waals surface area (Å²) < 4.78 is 13.3. The topological polar surface area (TPSA) is 46.1 Å². The molecule has 4 nitrogen and oxygen atoms in total. The molecule has 2 aromatic carbocycles. The summed E-state index contributed by atoms with van der Waals surface area (Å²) in [6.07, 6.45) is 2.27. The molecule has 2 heterocycles. The molecule has 3 aromatic rings. The van der Waals surface area contributed by atoms with Crippen LogP contribution in [0.25, 0.3) is 22.0 Å². The van der Waals surface area contributed by atoms with Gasteiger partial charge in [0.25, 0.3) is 0 Å².